The Morgan fingerprint density at radius 3 is 2.91 bits per heavy atom. The van der Waals surface area contributed by atoms with Crippen LogP contribution in [0.15, 0.2) is 22.9 Å². The third-order valence-electron chi connectivity index (χ3n) is 3.94. The van der Waals surface area contributed by atoms with E-state index >= 15 is 0 Å². The number of rotatable bonds is 3. The molecule has 1 fully saturated rings. The number of halogens is 1. The van der Waals surface area contributed by atoms with Crippen molar-refractivity contribution in [2.75, 3.05) is 6.61 Å². The average Bonchev–Trinajstić information content (AvgIpc) is 3.09. The molecule has 0 amide bonds. The van der Waals surface area contributed by atoms with E-state index in [9.17, 15) is 0 Å². The molecule has 0 saturated carbocycles. The Kier molecular flexibility index (Phi) is 4.19. The normalized spacial score (nSPS) is 22.2. The predicted octanol–water partition coefficient (Wildman–Crippen LogP) is 3.63. The average molecular weight is 322 g/mol. The van der Waals surface area contributed by atoms with Gasteiger partial charge >= 0.3 is 0 Å². The van der Waals surface area contributed by atoms with Gasteiger partial charge in [-0.1, -0.05) is 43.6 Å². The minimum Gasteiger partial charge on any atom is -0.377 e. The van der Waals surface area contributed by atoms with Gasteiger partial charge in [-0.05, 0) is 23.5 Å². The lowest BCUT2D eigenvalue weighted by Gasteiger charge is -2.29. The molecule has 22 heavy (non-hydrogen) atoms. The van der Waals surface area contributed by atoms with Crippen molar-refractivity contribution in [1.82, 2.24) is 15.1 Å². The summed E-state index contributed by atoms with van der Waals surface area (Å²) in [5, 5.41) is 4.63. The van der Waals surface area contributed by atoms with Crippen molar-refractivity contribution < 1.29 is 9.26 Å². The highest BCUT2D eigenvalue weighted by atomic mass is 35.5. The van der Waals surface area contributed by atoms with Crippen LogP contribution >= 0.6 is 11.6 Å². The molecular weight excluding hydrogens is 302 g/mol. The molecule has 0 unspecified atom stereocenters. The van der Waals surface area contributed by atoms with Crippen molar-refractivity contribution in [3.05, 3.63) is 40.8 Å². The molecule has 1 aliphatic rings. The maximum absolute atomic E-state index is 6.07. The topological polar surface area (TPSA) is 61.0 Å². The molecule has 6 heteroatoms. The molecule has 5 nitrogen and oxygen atoms in total. The molecule has 0 radical (unpaired) electrons. The van der Waals surface area contributed by atoms with E-state index in [2.05, 4.69) is 35.9 Å². The van der Waals surface area contributed by atoms with Crippen molar-refractivity contribution in [3.8, 4) is 0 Å². The maximum atomic E-state index is 6.07. The van der Waals surface area contributed by atoms with Crippen LogP contribution in [0.25, 0.3) is 0 Å². The molecule has 0 aliphatic carbocycles. The first-order valence-corrected chi connectivity index (χ1v) is 7.86. The van der Waals surface area contributed by atoms with Gasteiger partial charge in [-0.25, -0.2) is 4.98 Å². The van der Waals surface area contributed by atoms with E-state index in [4.69, 9.17) is 20.9 Å². The fraction of sp³-hybridized carbons (Fsp3) is 0.562. The second kappa shape index (κ2) is 5.97. The van der Waals surface area contributed by atoms with E-state index < -0.39 is 0 Å². The van der Waals surface area contributed by atoms with E-state index in [0.717, 1.165) is 24.4 Å². The van der Waals surface area contributed by atoms with Crippen molar-refractivity contribution >= 4 is 11.6 Å². The molecule has 2 aromatic heterocycles. The van der Waals surface area contributed by atoms with Gasteiger partial charge in [-0.3, -0.25) is 0 Å². The highest BCUT2D eigenvalue weighted by Crippen LogP contribution is 2.39. The fourth-order valence-corrected chi connectivity index (χ4v) is 3.10. The van der Waals surface area contributed by atoms with Gasteiger partial charge in [0.2, 0.25) is 5.89 Å². The van der Waals surface area contributed by atoms with Crippen molar-refractivity contribution in [2.45, 2.75) is 45.6 Å². The molecule has 1 saturated heterocycles. The minimum atomic E-state index is 0.0502. The van der Waals surface area contributed by atoms with Crippen LogP contribution in [0.3, 0.4) is 0 Å². The standard InChI is InChI=1S/C16H20ClN3O2/c1-16(2,3)13-11(6-8-21-13)15-19-12(22-20-15)9-10-5-4-7-18-14(10)17/h4-5,7,11,13H,6,8-9H2,1-3H3/t11-,13-/m1/s1. The number of hydrogen-bond acceptors (Lipinski definition) is 5. The highest BCUT2D eigenvalue weighted by Gasteiger charge is 2.40. The molecule has 0 N–H and O–H groups in total. The Morgan fingerprint density at radius 1 is 1.36 bits per heavy atom. The Bertz CT molecular complexity index is 651. The smallest absolute Gasteiger partial charge is 0.231 e. The summed E-state index contributed by atoms with van der Waals surface area (Å²) < 4.78 is 11.3. The molecule has 0 bridgehead atoms. The van der Waals surface area contributed by atoms with Crippen LogP contribution in [0.5, 0.6) is 0 Å². The maximum Gasteiger partial charge on any atom is 0.231 e. The molecular formula is C16H20ClN3O2. The number of ether oxygens (including phenoxy) is 1. The third kappa shape index (κ3) is 3.15. The lowest BCUT2D eigenvalue weighted by Crippen LogP contribution is -2.30. The van der Waals surface area contributed by atoms with Crippen LogP contribution in [-0.2, 0) is 11.2 Å². The monoisotopic (exact) mass is 321 g/mol. The van der Waals surface area contributed by atoms with Gasteiger partial charge in [0.1, 0.15) is 5.15 Å². The second-order valence-electron chi connectivity index (χ2n) is 6.73. The summed E-state index contributed by atoms with van der Waals surface area (Å²) in [6.07, 6.45) is 3.19. The quantitative estimate of drug-likeness (QED) is 0.808. The summed E-state index contributed by atoms with van der Waals surface area (Å²) in [4.78, 5) is 8.61. The lowest BCUT2D eigenvalue weighted by molar-refractivity contribution is 0.0193. The van der Waals surface area contributed by atoms with Crippen LogP contribution in [0.4, 0.5) is 0 Å². The number of hydrogen-bond donors (Lipinski definition) is 0. The molecule has 118 valence electrons. The Morgan fingerprint density at radius 2 is 2.18 bits per heavy atom. The first kappa shape index (κ1) is 15.4. The first-order valence-electron chi connectivity index (χ1n) is 7.48. The highest BCUT2D eigenvalue weighted by molar-refractivity contribution is 6.30. The van der Waals surface area contributed by atoms with E-state index in [1.807, 2.05) is 12.1 Å². The van der Waals surface area contributed by atoms with Gasteiger partial charge in [0.25, 0.3) is 0 Å². The molecule has 2 atom stereocenters. The van der Waals surface area contributed by atoms with Gasteiger partial charge < -0.3 is 9.26 Å². The zero-order chi connectivity index (χ0) is 15.7. The molecule has 0 spiro atoms. The molecule has 2 aromatic rings. The van der Waals surface area contributed by atoms with Crippen LogP contribution in [0.2, 0.25) is 5.15 Å². The molecule has 0 aromatic carbocycles. The summed E-state index contributed by atoms with van der Waals surface area (Å²) >= 11 is 6.07. The Balaban J connectivity index is 1.78. The fourth-order valence-electron chi connectivity index (χ4n) is 2.91. The van der Waals surface area contributed by atoms with Gasteiger partial charge in [-0.15, -0.1) is 0 Å². The second-order valence-corrected chi connectivity index (χ2v) is 7.09. The van der Waals surface area contributed by atoms with E-state index in [0.29, 0.717) is 17.5 Å². The number of aromatic nitrogens is 3. The van der Waals surface area contributed by atoms with Crippen molar-refractivity contribution in [3.63, 3.8) is 0 Å². The summed E-state index contributed by atoms with van der Waals surface area (Å²) in [6.45, 7) is 7.26. The van der Waals surface area contributed by atoms with Gasteiger partial charge in [0, 0.05) is 12.8 Å². The molecule has 1 aliphatic heterocycles. The van der Waals surface area contributed by atoms with Crippen molar-refractivity contribution in [2.24, 2.45) is 5.41 Å². The summed E-state index contributed by atoms with van der Waals surface area (Å²) in [5.41, 5.74) is 0.934. The van der Waals surface area contributed by atoms with Gasteiger partial charge in [0.05, 0.1) is 18.4 Å². The largest absolute Gasteiger partial charge is 0.377 e. The van der Waals surface area contributed by atoms with E-state index in [1.54, 1.807) is 6.20 Å². The van der Waals surface area contributed by atoms with Crippen LogP contribution in [0.1, 0.15) is 50.4 Å². The van der Waals surface area contributed by atoms with Crippen LogP contribution in [-0.4, -0.2) is 27.8 Å². The van der Waals surface area contributed by atoms with Gasteiger partial charge in [0.15, 0.2) is 5.82 Å². The first-order chi connectivity index (χ1) is 10.4. The molecule has 3 heterocycles. The summed E-state index contributed by atoms with van der Waals surface area (Å²) in [7, 11) is 0. The zero-order valence-corrected chi connectivity index (χ0v) is 13.8. The molecule has 3 rings (SSSR count). The van der Waals surface area contributed by atoms with E-state index in [-0.39, 0.29) is 17.4 Å². The van der Waals surface area contributed by atoms with E-state index in [1.165, 1.54) is 0 Å². The summed E-state index contributed by atoms with van der Waals surface area (Å²) in [6, 6.07) is 3.76. The zero-order valence-electron chi connectivity index (χ0n) is 13.0. The Hall–Kier alpha value is -1.46. The minimum absolute atomic E-state index is 0.0502. The van der Waals surface area contributed by atoms with Crippen LogP contribution < -0.4 is 0 Å². The third-order valence-corrected chi connectivity index (χ3v) is 4.28. The SMILES string of the molecule is CC(C)(C)[C@@H]1OCC[C@H]1c1noc(Cc2cccnc2Cl)n1. The lowest BCUT2D eigenvalue weighted by atomic mass is 9.81. The predicted molar refractivity (Wildman–Crippen MR) is 82.9 cm³/mol. The summed E-state index contributed by atoms with van der Waals surface area (Å²) in [5.74, 6) is 1.47. The van der Waals surface area contributed by atoms with Crippen LogP contribution in [0, 0.1) is 5.41 Å². The Labute approximate surface area is 135 Å². The van der Waals surface area contributed by atoms with Gasteiger partial charge in [-0.2, -0.15) is 4.98 Å². The number of nitrogens with zero attached hydrogens (tertiary/aromatic N) is 3. The van der Waals surface area contributed by atoms with Crippen molar-refractivity contribution in [1.29, 1.82) is 0 Å². The number of pyridine rings is 1.